The van der Waals surface area contributed by atoms with E-state index in [2.05, 4.69) is 24.4 Å². The Hall–Kier alpha value is -1.74. The second kappa shape index (κ2) is 7.75. The normalized spacial score (nSPS) is 12.3. The first-order chi connectivity index (χ1) is 9.83. The molecule has 20 heavy (non-hydrogen) atoms. The molecule has 1 unspecified atom stereocenters. The van der Waals surface area contributed by atoms with Crippen LogP contribution in [0.2, 0.25) is 0 Å². The van der Waals surface area contributed by atoms with E-state index in [9.17, 15) is 0 Å². The molecular weight excluding hydrogens is 250 g/mol. The van der Waals surface area contributed by atoms with Gasteiger partial charge in [0.2, 0.25) is 0 Å². The summed E-state index contributed by atoms with van der Waals surface area (Å²) in [4.78, 5) is 0. The summed E-state index contributed by atoms with van der Waals surface area (Å²) in [6.45, 7) is 5.89. The van der Waals surface area contributed by atoms with E-state index >= 15 is 0 Å². The van der Waals surface area contributed by atoms with Gasteiger partial charge in [0.25, 0.3) is 0 Å². The summed E-state index contributed by atoms with van der Waals surface area (Å²) in [5.74, 6) is 0.925. The fourth-order valence-electron chi connectivity index (χ4n) is 2.23. The maximum atomic E-state index is 5.49. The van der Waals surface area contributed by atoms with Gasteiger partial charge >= 0.3 is 0 Å². The molecule has 2 rings (SSSR count). The SMILES string of the molecule is CCCNC(Cc1ccoc1)c1ccc(OCC)cc1. The van der Waals surface area contributed by atoms with Gasteiger partial charge in [-0.05, 0) is 55.6 Å². The molecule has 1 aromatic heterocycles. The zero-order valence-electron chi connectivity index (χ0n) is 12.3. The summed E-state index contributed by atoms with van der Waals surface area (Å²) in [6.07, 6.45) is 5.60. The van der Waals surface area contributed by atoms with Crippen molar-refractivity contribution in [1.82, 2.24) is 5.32 Å². The molecule has 0 amide bonds. The van der Waals surface area contributed by atoms with Crippen molar-refractivity contribution in [3.8, 4) is 5.75 Å². The molecular formula is C17H23NO2. The van der Waals surface area contributed by atoms with E-state index in [1.54, 1.807) is 6.26 Å². The summed E-state index contributed by atoms with van der Waals surface area (Å²) >= 11 is 0. The Labute approximate surface area is 121 Å². The first kappa shape index (κ1) is 14.7. The third-order valence-electron chi connectivity index (χ3n) is 3.25. The van der Waals surface area contributed by atoms with Crippen LogP contribution in [-0.2, 0) is 6.42 Å². The topological polar surface area (TPSA) is 34.4 Å². The van der Waals surface area contributed by atoms with E-state index < -0.39 is 0 Å². The van der Waals surface area contributed by atoms with Crippen LogP contribution in [0.25, 0.3) is 0 Å². The maximum Gasteiger partial charge on any atom is 0.119 e. The summed E-state index contributed by atoms with van der Waals surface area (Å²) in [7, 11) is 0. The quantitative estimate of drug-likeness (QED) is 0.790. The average Bonchev–Trinajstić information content (AvgIpc) is 2.98. The van der Waals surface area contributed by atoms with E-state index in [4.69, 9.17) is 9.15 Å². The minimum Gasteiger partial charge on any atom is -0.494 e. The highest BCUT2D eigenvalue weighted by atomic mass is 16.5. The van der Waals surface area contributed by atoms with Crippen LogP contribution in [0.1, 0.15) is 37.4 Å². The molecule has 108 valence electrons. The largest absolute Gasteiger partial charge is 0.494 e. The summed E-state index contributed by atoms with van der Waals surface area (Å²) in [5.41, 5.74) is 2.50. The standard InChI is InChI=1S/C17H23NO2/c1-3-10-18-17(12-14-9-11-19-13-14)15-5-7-16(8-6-15)20-4-2/h5-9,11,13,17-18H,3-4,10,12H2,1-2H3. The van der Waals surface area contributed by atoms with Crippen molar-refractivity contribution in [2.45, 2.75) is 32.7 Å². The Morgan fingerprint density at radius 2 is 1.95 bits per heavy atom. The lowest BCUT2D eigenvalue weighted by molar-refractivity contribution is 0.340. The smallest absolute Gasteiger partial charge is 0.119 e. The first-order valence-electron chi connectivity index (χ1n) is 7.30. The molecule has 0 radical (unpaired) electrons. The van der Waals surface area contributed by atoms with Crippen molar-refractivity contribution in [2.24, 2.45) is 0 Å². The second-order valence-electron chi connectivity index (χ2n) is 4.84. The third kappa shape index (κ3) is 4.14. The lowest BCUT2D eigenvalue weighted by Crippen LogP contribution is -2.23. The van der Waals surface area contributed by atoms with E-state index in [1.165, 1.54) is 11.1 Å². The van der Waals surface area contributed by atoms with Gasteiger partial charge in [-0.2, -0.15) is 0 Å². The predicted molar refractivity (Wildman–Crippen MR) is 81.1 cm³/mol. The Morgan fingerprint density at radius 3 is 2.55 bits per heavy atom. The molecule has 0 aliphatic rings. The van der Waals surface area contributed by atoms with Gasteiger partial charge in [-0.3, -0.25) is 0 Å². The number of hydrogen-bond acceptors (Lipinski definition) is 3. The van der Waals surface area contributed by atoms with Crippen LogP contribution in [0.4, 0.5) is 0 Å². The number of nitrogens with one attached hydrogen (secondary N) is 1. The summed E-state index contributed by atoms with van der Waals surface area (Å²) in [5, 5.41) is 3.59. The number of furan rings is 1. The minimum absolute atomic E-state index is 0.309. The molecule has 0 aliphatic carbocycles. The number of benzene rings is 1. The van der Waals surface area contributed by atoms with E-state index in [-0.39, 0.29) is 0 Å². The van der Waals surface area contributed by atoms with Crippen molar-refractivity contribution in [3.05, 3.63) is 54.0 Å². The highest BCUT2D eigenvalue weighted by Gasteiger charge is 2.12. The van der Waals surface area contributed by atoms with Crippen LogP contribution >= 0.6 is 0 Å². The summed E-state index contributed by atoms with van der Waals surface area (Å²) < 4.78 is 10.7. The van der Waals surface area contributed by atoms with Gasteiger partial charge in [-0.15, -0.1) is 0 Å². The minimum atomic E-state index is 0.309. The Bertz CT molecular complexity index is 476. The van der Waals surface area contributed by atoms with Crippen molar-refractivity contribution >= 4 is 0 Å². The molecule has 0 spiro atoms. The number of ether oxygens (including phenoxy) is 1. The molecule has 0 aliphatic heterocycles. The van der Waals surface area contributed by atoms with Crippen LogP contribution in [0, 0.1) is 0 Å². The molecule has 1 aromatic carbocycles. The van der Waals surface area contributed by atoms with E-state index in [0.29, 0.717) is 12.6 Å². The van der Waals surface area contributed by atoms with Crippen LogP contribution < -0.4 is 10.1 Å². The molecule has 3 heteroatoms. The first-order valence-corrected chi connectivity index (χ1v) is 7.30. The van der Waals surface area contributed by atoms with Crippen LogP contribution in [0.5, 0.6) is 5.75 Å². The van der Waals surface area contributed by atoms with Gasteiger partial charge in [0.1, 0.15) is 5.75 Å². The van der Waals surface area contributed by atoms with Crippen LogP contribution in [0.15, 0.2) is 47.3 Å². The van der Waals surface area contributed by atoms with Crippen molar-refractivity contribution < 1.29 is 9.15 Å². The molecule has 3 nitrogen and oxygen atoms in total. The maximum absolute atomic E-state index is 5.49. The van der Waals surface area contributed by atoms with Crippen molar-refractivity contribution in [3.63, 3.8) is 0 Å². The van der Waals surface area contributed by atoms with Gasteiger partial charge in [0.05, 0.1) is 19.1 Å². The molecule has 1 heterocycles. The predicted octanol–water partition coefficient (Wildman–Crippen LogP) is 3.96. The molecule has 0 fully saturated rings. The van der Waals surface area contributed by atoms with E-state index in [0.717, 1.165) is 25.1 Å². The zero-order chi connectivity index (χ0) is 14.2. The average molecular weight is 273 g/mol. The monoisotopic (exact) mass is 273 g/mol. The Kier molecular flexibility index (Phi) is 5.69. The van der Waals surface area contributed by atoms with Gasteiger partial charge in [0, 0.05) is 6.04 Å². The molecule has 0 saturated carbocycles. The fraction of sp³-hybridized carbons (Fsp3) is 0.412. The van der Waals surface area contributed by atoms with Crippen LogP contribution in [-0.4, -0.2) is 13.2 Å². The molecule has 0 bridgehead atoms. The zero-order valence-corrected chi connectivity index (χ0v) is 12.3. The van der Waals surface area contributed by atoms with Gasteiger partial charge in [0.15, 0.2) is 0 Å². The van der Waals surface area contributed by atoms with E-state index in [1.807, 2.05) is 31.4 Å². The lowest BCUT2D eigenvalue weighted by atomic mass is 10.00. The van der Waals surface area contributed by atoms with Crippen molar-refractivity contribution in [2.75, 3.05) is 13.2 Å². The summed E-state index contributed by atoms with van der Waals surface area (Å²) in [6, 6.07) is 10.7. The fourth-order valence-corrected chi connectivity index (χ4v) is 2.23. The molecule has 2 aromatic rings. The highest BCUT2D eigenvalue weighted by molar-refractivity contribution is 5.30. The Morgan fingerprint density at radius 1 is 1.15 bits per heavy atom. The third-order valence-corrected chi connectivity index (χ3v) is 3.25. The highest BCUT2D eigenvalue weighted by Crippen LogP contribution is 2.21. The molecule has 1 N–H and O–H groups in total. The van der Waals surface area contributed by atoms with Crippen LogP contribution in [0.3, 0.4) is 0 Å². The van der Waals surface area contributed by atoms with Crippen molar-refractivity contribution in [1.29, 1.82) is 0 Å². The molecule has 0 saturated heterocycles. The number of rotatable bonds is 8. The van der Waals surface area contributed by atoms with Gasteiger partial charge in [-0.25, -0.2) is 0 Å². The Balaban J connectivity index is 2.08. The lowest BCUT2D eigenvalue weighted by Gasteiger charge is -2.18. The molecule has 1 atom stereocenters. The second-order valence-corrected chi connectivity index (χ2v) is 4.84. The van der Waals surface area contributed by atoms with Gasteiger partial charge in [-0.1, -0.05) is 19.1 Å². The number of hydrogen-bond donors (Lipinski definition) is 1. The van der Waals surface area contributed by atoms with Gasteiger partial charge < -0.3 is 14.5 Å².